The van der Waals surface area contributed by atoms with Crippen molar-refractivity contribution in [1.29, 1.82) is 0 Å². The van der Waals surface area contributed by atoms with Crippen LogP contribution in [0.3, 0.4) is 0 Å². The monoisotopic (exact) mass is 444 g/mol. The number of aromatic nitrogens is 5. The molecule has 0 aliphatic rings. The van der Waals surface area contributed by atoms with Crippen molar-refractivity contribution in [2.75, 3.05) is 5.32 Å². The molecule has 1 aromatic carbocycles. The standard InChI is InChI=1S/C27H20N6O/c1-3-26(34)31-24-10-7-19(8-11-24)6-9-20-13-22(23-15-29-32(2)17-23)18-33-27(20)25(16-30-33)21-5-4-12-28-14-21/h3-5,7-8,10-18H,1H2,2H3,(H,31,34). The van der Waals surface area contributed by atoms with Crippen molar-refractivity contribution in [3.63, 3.8) is 0 Å². The van der Waals surface area contributed by atoms with Gasteiger partial charge in [-0.2, -0.15) is 10.2 Å². The third kappa shape index (κ3) is 4.20. The Morgan fingerprint density at radius 1 is 1.00 bits per heavy atom. The van der Waals surface area contributed by atoms with Gasteiger partial charge >= 0.3 is 0 Å². The number of anilines is 1. The number of fused-ring (bicyclic) bond motifs is 1. The van der Waals surface area contributed by atoms with E-state index in [4.69, 9.17) is 0 Å². The zero-order chi connectivity index (χ0) is 23.5. The van der Waals surface area contributed by atoms with Crippen molar-refractivity contribution in [3.05, 3.63) is 103 Å². The Kier molecular flexibility index (Phi) is 5.46. The molecule has 0 aliphatic carbocycles. The molecule has 5 rings (SSSR count). The number of carbonyl (C=O) groups is 1. The third-order valence-corrected chi connectivity index (χ3v) is 5.30. The minimum absolute atomic E-state index is 0.253. The number of pyridine rings is 2. The molecule has 0 fully saturated rings. The van der Waals surface area contributed by atoms with Crippen molar-refractivity contribution < 1.29 is 4.79 Å². The molecular formula is C27H20N6O. The minimum atomic E-state index is -0.253. The Labute approximate surface area is 196 Å². The van der Waals surface area contributed by atoms with Gasteiger partial charge in [0.15, 0.2) is 0 Å². The van der Waals surface area contributed by atoms with Crippen LogP contribution in [0.1, 0.15) is 11.1 Å². The van der Waals surface area contributed by atoms with Gasteiger partial charge in [0.25, 0.3) is 0 Å². The number of nitrogens with one attached hydrogen (secondary N) is 1. The fourth-order valence-electron chi connectivity index (χ4n) is 3.65. The van der Waals surface area contributed by atoms with Crippen molar-refractivity contribution >= 4 is 17.1 Å². The minimum Gasteiger partial charge on any atom is -0.323 e. The molecule has 0 atom stereocenters. The number of rotatable bonds is 4. The second kappa shape index (κ2) is 8.88. The van der Waals surface area contributed by atoms with Gasteiger partial charge in [-0.05, 0) is 42.5 Å². The molecule has 0 spiro atoms. The van der Waals surface area contributed by atoms with Gasteiger partial charge in [-0.3, -0.25) is 14.5 Å². The molecule has 34 heavy (non-hydrogen) atoms. The molecule has 1 N–H and O–H groups in total. The van der Waals surface area contributed by atoms with E-state index < -0.39 is 0 Å². The Balaban J connectivity index is 1.60. The SMILES string of the molecule is C=CC(=O)Nc1ccc(C#Cc2cc(-c3cnn(C)c3)cn3ncc(-c4cccnc4)c23)cc1. The molecule has 0 aliphatic heterocycles. The van der Waals surface area contributed by atoms with E-state index in [1.807, 2.05) is 78.9 Å². The summed E-state index contributed by atoms with van der Waals surface area (Å²) >= 11 is 0. The number of aryl methyl sites for hydroxylation is 1. The second-order valence-electron chi connectivity index (χ2n) is 7.66. The van der Waals surface area contributed by atoms with Crippen LogP contribution in [0.25, 0.3) is 27.8 Å². The van der Waals surface area contributed by atoms with Crippen LogP contribution in [0.15, 0.2) is 92.3 Å². The Morgan fingerprint density at radius 3 is 2.56 bits per heavy atom. The first-order chi connectivity index (χ1) is 16.6. The fourth-order valence-corrected chi connectivity index (χ4v) is 3.65. The molecule has 7 nitrogen and oxygen atoms in total. The summed E-state index contributed by atoms with van der Waals surface area (Å²) in [6.07, 6.45) is 12.4. The topological polar surface area (TPSA) is 77.1 Å². The average Bonchev–Trinajstić information content (AvgIpc) is 3.50. The van der Waals surface area contributed by atoms with Gasteiger partial charge < -0.3 is 5.32 Å². The zero-order valence-electron chi connectivity index (χ0n) is 18.4. The number of hydrogen-bond acceptors (Lipinski definition) is 4. The summed E-state index contributed by atoms with van der Waals surface area (Å²) in [5.41, 5.74) is 7.12. The number of nitrogens with zero attached hydrogens (tertiary/aromatic N) is 5. The lowest BCUT2D eigenvalue weighted by molar-refractivity contribution is -0.111. The van der Waals surface area contributed by atoms with E-state index in [9.17, 15) is 4.79 Å². The molecule has 0 radical (unpaired) electrons. The summed E-state index contributed by atoms with van der Waals surface area (Å²) in [4.78, 5) is 15.8. The first-order valence-electron chi connectivity index (χ1n) is 10.6. The molecule has 0 saturated heterocycles. The molecule has 0 unspecified atom stereocenters. The lowest BCUT2D eigenvalue weighted by atomic mass is 10.0. The van der Waals surface area contributed by atoms with Crippen LogP contribution in [0.2, 0.25) is 0 Å². The van der Waals surface area contributed by atoms with Gasteiger partial charge in [0.05, 0.1) is 23.5 Å². The molecular weight excluding hydrogens is 424 g/mol. The highest BCUT2D eigenvalue weighted by Crippen LogP contribution is 2.29. The van der Waals surface area contributed by atoms with Crippen LogP contribution in [-0.4, -0.2) is 30.3 Å². The first-order valence-corrected chi connectivity index (χ1v) is 10.6. The van der Waals surface area contributed by atoms with Crippen molar-refractivity contribution in [2.45, 2.75) is 0 Å². The summed E-state index contributed by atoms with van der Waals surface area (Å²) in [6, 6.07) is 13.3. The van der Waals surface area contributed by atoms with Crippen LogP contribution < -0.4 is 5.32 Å². The van der Waals surface area contributed by atoms with Crippen molar-refractivity contribution in [1.82, 2.24) is 24.4 Å². The number of amides is 1. The van der Waals surface area contributed by atoms with E-state index in [1.165, 1.54) is 6.08 Å². The number of carbonyl (C=O) groups excluding carboxylic acids is 1. The molecule has 7 heteroatoms. The molecule has 0 bridgehead atoms. The predicted octanol–water partition coefficient (Wildman–Crippen LogP) is 4.32. The van der Waals surface area contributed by atoms with Crippen LogP contribution in [0.4, 0.5) is 5.69 Å². The Morgan fingerprint density at radius 2 is 1.85 bits per heavy atom. The van der Waals surface area contributed by atoms with E-state index in [0.717, 1.165) is 38.9 Å². The highest BCUT2D eigenvalue weighted by molar-refractivity contribution is 5.98. The van der Waals surface area contributed by atoms with Gasteiger partial charge in [0, 0.05) is 65.3 Å². The van der Waals surface area contributed by atoms with Crippen molar-refractivity contribution in [3.8, 4) is 34.1 Å². The van der Waals surface area contributed by atoms with Gasteiger partial charge in [0.2, 0.25) is 5.91 Å². The van der Waals surface area contributed by atoms with E-state index in [2.05, 4.69) is 45.0 Å². The van der Waals surface area contributed by atoms with Crippen LogP contribution >= 0.6 is 0 Å². The maximum absolute atomic E-state index is 11.5. The third-order valence-electron chi connectivity index (χ3n) is 5.30. The summed E-state index contributed by atoms with van der Waals surface area (Å²) < 4.78 is 3.62. The average molecular weight is 444 g/mol. The van der Waals surface area contributed by atoms with Crippen molar-refractivity contribution in [2.24, 2.45) is 7.05 Å². The molecule has 4 heterocycles. The maximum atomic E-state index is 11.5. The molecule has 0 saturated carbocycles. The second-order valence-corrected chi connectivity index (χ2v) is 7.66. The van der Waals surface area contributed by atoms with Gasteiger partial charge in [0.1, 0.15) is 0 Å². The van der Waals surface area contributed by atoms with Crippen LogP contribution in [0, 0.1) is 11.8 Å². The first kappa shape index (κ1) is 20.9. The largest absolute Gasteiger partial charge is 0.323 e. The fraction of sp³-hybridized carbons (Fsp3) is 0.0370. The van der Waals surface area contributed by atoms with E-state index in [-0.39, 0.29) is 5.91 Å². The van der Waals surface area contributed by atoms with Gasteiger partial charge in [-0.1, -0.05) is 24.5 Å². The van der Waals surface area contributed by atoms with Gasteiger partial charge in [-0.25, -0.2) is 4.52 Å². The van der Waals surface area contributed by atoms with Crippen LogP contribution in [-0.2, 0) is 11.8 Å². The Bertz CT molecular complexity index is 1570. The lowest BCUT2D eigenvalue weighted by Crippen LogP contribution is -2.06. The summed E-state index contributed by atoms with van der Waals surface area (Å²) in [7, 11) is 1.89. The molecule has 5 aromatic rings. The molecule has 4 aromatic heterocycles. The molecule has 1 amide bonds. The van der Waals surface area contributed by atoms with E-state index >= 15 is 0 Å². The highest BCUT2D eigenvalue weighted by atomic mass is 16.1. The summed E-state index contributed by atoms with van der Waals surface area (Å²) in [5, 5.41) is 11.6. The van der Waals surface area contributed by atoms with E-state index in [0.29, 0.717) is 5.69 Å². The normalized spacial score (nSPS) is 10.5. The van der Waals surface area contributed by atoms with Gasteiger partial charge in [-0.15, -0.1) is 0 Å². The van der Waals surface area contributed by atoms with Crippen LogP contribution in [0.5, 0.6) is 0 Å². The zero-order valence-corrected chi connectivity index (χ0v) is 18.4. The predicted molar refractivity (Wildman–Crippen MR) is 132 cm³/mol. The molecule has 164 valence electrons. The maximum Gasteiger partial charge on any atom is 0.247 e. The quantitative estimate of drug-likeness (QED) is 0.331. The number of hydrogen-bond donors (Lipinski definition) is 1. The summed E-state index contributed by atoms with van der Waals surface area (Å²) in [5.74, 6) is 6.31. The smallest absolute Gasteiger partial charge is 0.247 e. The van der Waals surface area contributed by atoms with E-state index in [1.54, 1.807) is 10.9 Å². The Hall–Kier alpha value is -4.96. The highest BCUT2D eigenvalue weighted by Gasteiger charge is 2.13. The lowest BCUT2D eigenvalue weighted by Gasteiger charge is -2.06. The number of benzene rings is 1. The summed E-state index contributed by atoms with van der Waals surface area (Å²) in [6.45, 7) is 3.47.